The Kier molecular flexibility index (Phi) is 3.89. The Balaban J connectivity index is 1.96. The van der Waals surface area contributed by atoms with Gasteiger partial charge in [0.15, 0.2) is 0 Å². The Morgan fingerprint density at radius 3 is 2.59 bits per heavy atom. The van der Waals surface area contributed by atoms with Gasteiger partial charge in [-0.2, -0.15) is 0 Å². The van der Waals surface area contributed by atoms with E-state index in [4.69, 9.17) is 0 Å². The molecule has 92 valence electrons. The van der Waals surface area contributed by atoms with Crippen LogP contribution in [0.15, 0.2) is 24.3 Å². The maximum absolute atomic E-state index is 13.5. The van der Waals surface area contributed by atoms with Crippen LogP contribution < -0.4 is 5.32 Å². The summed E-state index contributed by atoms with van der Waals surface area (Å²) in [5.74, 6) is -0.984. The van der Waals surface area contributed by atoms with Crippen LogP contribution in [0.5, 0.6) is 0 Å². The van der Waals surface area contributed by atoms with Gasteiger partial charge in [-0.25, -0.2) is 8.78 Å². The van der Waals surface area contributed by atoms with Crippen molar-refractivity contribution in [2.45, 2.75) is 32.2 Å². The molecule has 1 saturated carbocycles. The summed E-state index contributed by atoms with van der Waals surface area (Å²) >= 11 is 0. The molecular weight excluding hydrogens is 220 g/mol. The van der Waals surface area contributed by atoms with Crippen molar-refractivity contribution >= 4 is 5.57 Å². The van der Waals surface area contributed by atoms with Gasteiger partial charge < -0.3 is 5.32 Å². The molecule has 0 amide bonds. The Labute approximate surface area is 101 Å². The summed E-state index contributed by atoms with van der Waals surface area (Å²) < 4.78 is 26.9. The van der Waals surface area contributed by atoms with Gasteiger partial charge in [0.1, 0.15) is 11.6 Å². The smallest absolute Gasteiger partial charge is 0.133 e. The summed E-state index contributed by atoms with van der Waals surface area (Å²) in [5, 5.41) is 3.36. The van der Waals surface area contributed by atoms with Crippen molar-refractivity contribution in [3.8, 4) is 0 Å². The van der Waals surface area contributed by atoms with Crippen molar-refractivity contribution in [1.29, 1.82) is 0 Å². The molecule has 0 unspecified atom stereocenters. The monoisotopic (exact) mass is 237 g/mol. The van der Waals surface area contributed by atoms with E-state index in [9.17, 15) is 8.78 Å². The molecule has 0 radical (unpaired) electrons. The van der Waals surface area contributed by atoms with E-state index < -0.39 is 11.6 Å². The third-order valence-electron chi connectivity index (χ3n) is 2.96. The Bertz CT molecular complexity index is 402. The first-order valence-electron chi connectivity index (χ1n) is 6.03. The Morgan fingerprint density at radius 1 is 1.35 bits per heavy atom. The van der Waals surface area contributed by atoms with E-state index in [0.29, 0.717) is 11.6 Å². The molecule has 0 spiro atoms. The van der Waals surface area contributed by atoms with Gasteiger partial charge in [-0.05, 0) is 50.4 Å². The second-order valence-corrected chi connectivity index (χ2v) is 4.50. The molecule has 1 fully saturated rings. The van der Waals surface area contributed by atoms with Gasteiger partial charge in [-0.3, -0.25) is 0 Å². The normalized spacial score (nSPS) is 16.3. The maximum Gasteiger partial charge on any atom is 0.133 e. The molecule has 1 aliphatic carbocycles. The van der Waals surface area contributed by atoms with Crippen LogP contribution in [0.25, 0.3) is 5.57 Å². The van der Waals surface area contributed by atoms with Gasteiger partial charge in [0.05, 0.1) is 0 Å². The van der Waals surface area contributed by atoms with Gasteiger partial charge in [-0.15, -0.1) is 0 Å². The number of benzene rings is 1. The van der Waals surface area contributed by atoms with Gasteiger partial charge in [0.2, 0.25) is 0 Å². The zero-order chi connectivity index (χ0) is 12.3. The van der Waals surface area contributed by atoms with Crippen molar-refractivity contribution in [3.63, 3.8) is 0 Å². The van der Waals surface area contributed by atoms with Crippen LogP contribution in [0.1, 0.15) is 31.7 Å². The lowest BCUT2D eigenvalue weighted by Crippen LogP contribution is -2.16. The molecule has 1 aromatic carbocycles. The van der Waals surface area contributed by atoms with Crippen LogP contribution in [0.3, 0.4) is 0 Å². The van der Waals surface area contributed by atoms with E-state index in [-0.39, 0.29) is 5.56 Å². The molecule has 1 aliphatic rings. The number of halogens is 2. The minimum atomic E-state index is -0.492. The number of allylic oxidation sites excluding steroid dienone is 1. The standard InChI is InChI=1S/C14H17F2N/c1-10(4-3-9-17-11-7-8-11)14-12(15)5-2-6-13(14)16/h2,4-6,11,17H,3,7-9H2,1H3. The van der Waals surface area contributed by atoms with E-state index in [0.717, 1.165) is 13.0 Å². The first-order valence-corrected chi connectivity index (χ1v) is 6.03. The molecule has 1 aromatic rings. The molecule has 0 heterocycles. The van der Waals surface area contributed by atoms with Gasteiger partial charge >= 0.3 is 0 Å². The summed E-state index contributed by atoms with van der Waals surface area (Å²) in [4.78, 5) is 0. The lowest BCUT2D eigenvalue weighted by Gasteiger charge is -2.05. The van der Waals surface area contributed by atoms with E-state index in [1.165, 1.54) is 31.0 Å². The third kappa shape index (κ3) is 3.37. The number of hydrogen-bond donors (Lipinski definition) is 1. The fourth-order valence-corrected chi connectivity index (χ4v) is 1.84. The van der Waals surface area contributed by atoms with Crippen molar-refractivity contribution in [2.24, 2.45) is 0 Å². The quantitative estimate of drug-likeness (QED) is 0.773. The lowest BCUT2D eigenvalue weighted by atomic mass is 10.1. The van der Waals surface area contributed by atoms with Gasteiger partial charge in [0.25, 0.3) is 0 Å². The molecule has 17 heavy (non-hydrogen) atoms. The highest BCUT2D eigenvalue weighted by molar-refractivity contribution is 5.64. The molecule has 0 atom stereocenters. The molecule has 1 nitrogen and oxygen atoms in total. The number of rotatable bonds is 5. The van der Waals surface area contributed by atoms with Crippen LogP contribution in [-0.4, -0.2) is 12.6 Å². The highest BCUT2D eigenvalue weighted by Gasteiger charge is 2.19. The molecule has 3 heteroatoms. The van der Waals surface area contributed by atoms with E-state index in [1.807, 2.05) is 6.08 Å². The topological polar surface area (TPSA) is 12.0 Å². The molecule has 0 bridgehead atoms. The van der Waals surface area contributed by atoms with Crippen LogP contribution >= 0.6 is 0 Å². The lowest BCUT2D eigenvalue weighted by molar-refractivity contribution is 0.576. The fraction of sp³-hybridized carbons (Fsp3) is 0.429. The predicted molar refractivity (Wildman–Crippen MR) is 65.7 cm³/mol. The van der Waals surface area contributed by atoms with Crippen molar-refractivity contribution < 1.29 is 8.78 Å². The molecule has 0 aliphatic heterocycles. The van der Waals surface area contributed by atoms with E-state index in [2.05, 4.69) is 5.32 Å². The summed E-state index contributed by atoms with van der Waals surface area (Å²) in [6.45, 7) is 2.62. The first kappa shape index (κ1) is 12.2. The first-order chi connectivity index (χ1) is 8.18. The second-order valence-electron chi connectivity index (χ2n) is 4.50. The minimum Gasteiger partial charge on any atom is -0.314 e. The molecule has 1 N–H and O–H groups in total. The average molecular weight is 237 g/mol. The van der Waals surface area contributed by atoms with Gasteiger partial charge in [-0.1, -0.05) is 12.1 Å². The van der Waals surface area contributed by atoms with Crippen LogP contribution in [0.2, 0.25) is 0 Å². The second kappa shape index (κ2) is 5.41. The Morgan fingerprint density at radius 2 is 2.00 bits per heavy atom. The predicted octanol–water partition coefficient (Wildman–Crippen LogP) is 3.51. The summed E-state index contributed by atoms with van der Waals surface area (Å²) in [7, 11) is 0. The van der Waals surface area contributed by atoms with E-state index >= 15 is 0 Å². The van der Waals surface area contributed by atoms with Crippen LogP contribution in [0.4, 0.5) is 8.78 Å². The van der Waals surface area contributed by atoms with E-state index in [1.54, 1.807) is 6.92 Å². The summed E-state index contributed by atoms with van der Waals surface area (Å²) in [6.07, 6.45) is 5.20. The average Bonchev–Trinajstić information content (AvgIpc) is 3.08. The van der Waals surface area contributed by atoms with Crippen LogP contribution in [0, 0.1) is 11.6 Å². The largest absolute Gasteiger partial charge is 0.314 e. The Hall–Kier alpha value is -1.22. The van der Waals surface area contributed by atoms with Crippen molar-refractivity contribution in [2.75, 3.05) is 6.54 Å². The van der Waals surface area contributed by atoms with Crippen LogP contribution in [-0.2, 0) is 0 Å². The summed E-state index contributed by atoms with van der Waals surface area (Å²) in [5.41, 5.74) is 0.761. The number of hydrogen-bond acceptors (Lipinski definition) is 1. The highest BCUT2D eigenvalue weighted by atomic mass is 19.1. The third-order valence-corrected chi connectivity index (χ3v) is 2.96. The fourth-order valence-electron chi connectivity index (χ4n) is 1.84. The highest BCUT2D eigenvalue weighted by Crippen LogP contribution is 2.22. The number of nitrogens with one attached hydrogen (secondary N) is 1. The SMILES string of the molecule is CC(=CCCNC1CC1)c1c(F)cccc1F. The van der Waals surface area contributed by atoms with Crippen molar-refractivity contribution in [3.05, 3.63) is 41.5 Å². The minimum absolute atomic E-state index is 0.0962. The maximum atomic E-state index is 13.5. The zero-order valence-corrected chi connectivity index (χ0v) is 9.97. The zero-order valence-electron chi connectivity index (χ0n) is 9.97. The van der Waals surface area contributed by atoms with Crippen molar-refractivity contribution in [1.82, 2.24) is 5.32 Å². The molecule has 0 aromatic heterocycles. The molecule has 2 rings (SSSR count). The summed E-state index contributed by atoms with van der Waals surface area (Å²) in [6, 6.07) is 4.64. The molecular formula is C14H17F2N. The molecule has 0 saturated heterocycles. The van der Waals surface area contributed by atoms with Gasteiger partial charge in [0, 0.05) is 11.6 Å².